The van der Waals surface area contributed by atoms with Crippen molar-refractivity contribution < 1.29 is 18.4 Å². The number of likely N-dealkylation sites (N-methyl/N-ethyl adjacent to an activating group) is 1. The van der Waals surface area contributed by atoms with E-state index in [1.54, 1.807) is 29.7 Å². The number of carbonyl (C=O) groups is 1. The molecule has 0 aromatic heterocycles. The van der Waals surface area contributed by atoms with E-state index in [0.29, 0.717) is 0 Å². The third-order valence-electron chi connectivity index (χ3n) is 5.82. The second-order valence-corrected chi connectivity index (χ2v) is 9.77. The molecule has 0 radical (unpaired) electrons. The number of carbonyl (C=O) groups excluding carboxylic acids is 1. The molecule has 8 nitrogen and oxygen atoms in total. The molecular weight excluding hydrogens is 416 g/mol. The number of benzene rings is 2. The van der Waals surface area contributed by atoms with Crippen LogP contribution in [-0.2, 0) is 14.8 Å². The van der Waals surface area contributed by atoms with E-state index in [9.17, 15) is 13.2 Å². The van der Waals surface area contributed by atoms with Gasteiger partial charge in [-0.05, 0) is 42.4 Å². The van der Waals surface area contributed by atoms with Gasteiger partial charge >= 0.3 is 0 Å². The topological polar surface area (TPSA) is 93.2 Å². The molecule has 1 saturated heterocycles. The highest BCUT2D eigenvalue weighted by Crippen LogP contribution is 2.28. The predicted molar refractivity (Wildman–Crippen MR) is 118 cm³/mol. The molecule has 4 rings (SSSR count). The molecule has 0 unspecified atom stereocenters. The van der Waals surface area contributed by atoms with Gasteiger partial charge in [-0.3, -0.25) is 10.0 Å². The van der Waals surface area contributed by atoms with E-state index in [1.807, 2.05) is 12.1 Å². The minimum absolute atomic E-state index is 0.0659. The number of sulfonamides is 1. The van der Waals surface area contributed by atoms with Gasteiger partial charge in [0.25, 0.3) is 5.91 Å². The lowest BCUT2D eigenvalue weighted by Crippen LogP contribution is -2.44. The molecule has 0 bridgehead atoms. The van der Waals surface area contributed by atoms with Crippen molar-refractivity contribution in [3.05, 3.63) is 60.2 Å². The first kappa shape index (κ1) is 21.5. The molecule has 2 aromatic rings. The van der Waals surface area contributed by atoms with Crippen molar-refractivity contribution in [2.75, 3.05) is 51.2 Å². The zero-order valence-electron chi connectivity index (χ0n) is 17.4. The zero-order chi connectivity index (χ0) is 22.0. The molecule has 1 amide bonds. The van der Waals surface area contributed by atoms with Crippen LogP contribution >= 0.6 is 0 Å². The Balaban J connectivity index is 1.50. The van der Waals surface area contributed by atoms with Crippen molar-refractivity contribution in [1.29, 1.82) is 0 Å². The van der Waals surface area contributed by atoms with Gasteiger partial charge < -0.3 is 9.80 Å². The van der Waals surface area contributed by atoms with Gasteiger partial charge in [0.2, 0.25) is 10.0 Å². The average molecular weight is 443 g/mol. The van der Waals surface area contributed by atoms with Crippen LogP contribution in [0.1, 0.15) is 0 Å². The van der Waals surface area contributed by atoms with E-state index >= 15 is 0 Å². The molecule has 2 heterocycles. The Labute approximate surface area is 182 Å². The molecule has 0 atom stereocenters. The van der Waals surface area contributed by atoms with Crippen molar-refractivity contribution in [2.24, 2.45) is 0 Å². The largest absolute Gasteiger partial charge is 0.369 e. The van der Waals surface area contributed by atoms with E-state index in [0.717, 1.165) is 37.3 Å². The van der Waals surface area contributed by atoms with Crippen LogP contribution in [0.15, 0.2) is 65.1 Å². The minimum Gasteiger partial charge on any atom is -0.369 e. The summed E-state index contributed by atoms with van der Waals surface area (Å²) in [5.41, 5.74) is 4.90. The Hall–Kier alpha value is -2.72. The molecule has 1 fully saturated rings. The lowest BCUT2D eigenvalue weighted by Gasteiger charge is -2.34. The summed E-state index contributed by atoms with van der Waals surface area (Å²) in [4.78, 5) is 16.4. The summed E-state index contributed by atoms with van der Waals surface area (Å²) in [6.45, 7) is 4.06. The van der Waals surface area contributed by atoms with Crippen LogP contribution in [0, 0.1) is 0 Å². The molecule has 31 heavy (non-hydrogen) atoms. The number of piperazine rings is 1. The average Bonchev–Trinajstić information content (AvgIpc) is 3.30. The maximum Gasteiger partial charge on any atom is 0.271 e. The molecule has 0 saturated carbocycles. The number of anilines is 1. The number of nitrogens with zero attached hydrogens (tertiary/aromatic N) is 3. The van der Waals surface area contributed by atoms with E-state index in [1.165, 1.54) is 16.1 Å². The van der Waals surface area contributed by atoms with Crippen molar-refractivity contribution in [2.45, 2.75) is 4.90 Å². The Kier molecular flexibility index (Phi) is 6.10. The summed E-state index contributed by atoms with van der Waals surface area (Å²) in [5.74, 6) is -0.687. The second-order valence-electron chi connectivity index (χ2n) is 7.83. The highest BCUT2D eigenvalue weighted by molar-refractivity contribution is 7.89. The number of rotatable bonds is 5. The van der Waals surface area contributed by atoms with Gasteiger partial charge in [-0.2, -0.15) is 4.31 Å². The Bertz CT molecular complexity index is 1090. The van der Waals surface area contributed by atoms with Gasteiger partial charge in [-0.25, -0.2) is 13.9 Å². The maximum atomic E-state index is 12.9. The Morgan fingerprint density at radius 1 is 1.00 bits per heavy atom. The maximum absolute atomic E-state index is 12.9. The van der Waals surface area contributed by atoms with Gasteiger partial charge in [-0.1, -0.05) is 30.3 Å². The number of nitrogens with one attached hydrogen (secondary N) is 1. The molecule has 0 spiro atoms. The molecule has 164 valence electrons. The Morgan fingerprint density at radius 3 is 2.39 bits per heavy atom. The van der Waals surface area contributed by atoms with Crippen LogP contribution < -0.4 is 10.4 Å². The fourth-order valence-corrected chi connectivity index (χ4v) is 5.22. The predicted octanol–water partition coefficient (Wildman–Crippen LogP) is 1.54. The fraction of sp³-hybridized carbons (Fsp3) is 0.318. The summed E-state index contributed by atoms with van der Waals surface area (Å²) < 4.78 is 27.0. The van der Waals surface area contributed by atoms with Gasteiger partial charge in [-0.15, -0.1) is 0 Å². The third kappa shape index (κ3) is 4.49. The van der Waals surface area contributed by atoms with Crippen LogP contribution in [0.5, 0.6) is 0 Å². The SMILES string of the molecule is CN1CCN(c2cccc(-c3ccc(S(=O)(=O)N4CC=C(C(=O)NO)C4)cc3)c2)CC1. The van der Waals surface area contributed by atoms with Crippen LogP contribution in [0.4, 0.5) is 5.69 Å². The Morgan fingerprint density at radius 2 is 1.71 bits per heavy atom. The summed E-state index contributed by atoms with van der Waals surface area (Å²) >= 11 is 0. The van der Waals surface area contributed by atoms with Crippen molar-refractivity contribution in [1.82, 2.24) is 14.7 Å². The van der Waals surface area contributed by atoms with Crippen molar-refractivity contribution in [3.8, 4) is 11.1 Å². The molecular formula is C22H26N4O4S. The van der Waals surface area contributed by atoms with Crippen LogP contribution in [0.3, 0.4) is 0 Å². The van der Waals surface area contributed by atoms with Crippen LogP contribution in [0.25, 0.3) is 11.1 Å². The van der Waals surface area contributed by atoms with Crippen LogP contribution in [-0.4, -0.2) is 75.1 Å². The first-order valence-corrected chi connectivity index (χ1v) is 11.6. The molecule has 2 N–H and O–H groups in total. The first-order chi connectivity index (χ1) is 14.9. The van der Waals surface area contributed by atoms with E-state index in [4.69, 9.17) is 5.21 Å². The first-order valence-electron chi connectivity index (χ1n) is 10.2. The quantitative estimate of drug-likeness (QED) is 0.539. The molecule has 2 aliphatic heterocycles. The van der Waals surface area contributed by atoms with Crippen molar-refractivity contribution in [3.63, 3.8) is 0 Å². The molecule has 9 heteroatoms. The highest BCUT2D eigenvalue weighted by Gasteiger charge is 2.30. The standard InChI is InChI=1S/C22H26N4O4S/c1-24-11-13-25(14-12-24)20-4-2-3-18(15-20)17-5-7-21(8-6-17)31(29,30)26-10-9-19(16-26)22(27)23-28/h2-9,15,28H,10-14,16H2,1H3,(H,23,27). The van der Waals surface area contributed by atoms with Gasteiger partial charge in [0.15, 0.2) is 0 Å². The summed E-state index contributed by atoms with van der Waals surface area (Å²) in [6, 6.07) is 15.1. The molecule has 0 aliphatic carbocycles. The molecule has 2 aliphatic rings. The van der Waals surface area contributed by atoms with Crippen molar-refractivity contribution >= 4 is 21.6 Å². The normalized spacial score (nSPS) is 18.1. The second kappa shape index (κ2) is 8.80. The molecule has 2 aromatic carbocycles. The number of hydroxylamine groups is 1. The zero-order valence-corrected chi connectivity index (χ0v) is 18.2. The highest BCUT2D eigenvalue weighted by atomic mass is 32.2. The van der Waals surface area contributed by atoms with Gasteiger partial charge in [0.1, 0.15) is 0 Å². The van der Waals surface area contributed by atoms with Crippen LogP contribution in [0.2, 0.25) is 0 Å². The summed E-state index contributed by atoms with van der Waals surface area (Å²) in [7, 11) is -1.61. The number of hydrogen-bond donors (Lipinski definition) is 2. The van der Waals surface area contributed by atoms with Gasteiger partial charge in [0.05, 0.1) is 4.90 Å². The van der Waals surface area contributed by atoms with E-state index in [-0.39, 0.29) is 23.6 Å². The minimum atomic E-state index is -3.74. The lowest BCUT2D eigenvalue weighted by atomic mass is 10.0. The van der Waals surface area contributed by atoms with E-state index < -0.39 is 15.9 Å². The number of hydrogen-bond acceptors (Lipinski definition) is 6. The number of amides is 1. The fourth-order valence-electron chi connectivity index (χ4n) is 3.87. The third-order valence-corrected chi connectivity index (χ3v) is 7.65. The monoisotopic (exact) mass is 442 g/mol. The summed E-state index contributed by atoms with van der Waals surface area (Å²) in [5, 5.41) is 8.74. The summed E-state index contributed by atoms with van der Waals surface area (Å²) in [6.07, 6.45) is 1.50. The smallest absolute Gasteiger partial charge is 0.271 e. The lowest BCUT2D eigenvalue weighted by molar-refractivity contribution is -0.125. The van der Waals surface area contributed by atoms with Gasteiger partial charge in [0, 0.05) is 50.5 Å². The van der Waals surface area contributed by atoms with E-state index in [2.05, 4.69) is 29.0 Å².